The van der Waals surface area contributed by atoms with Crippen LogP contribution in [0.1, 0.15) is 35.9 Å². The van der Waals surface area contributed by atoms with E-state index in [-0.39, 0.29) is 11.5 Å². The Labute approximate surface area is 192 Å². The van der Waals surface area contributed by atoms with E-state index in [2.05, 4.69) is 37.1 Å². The minimum atomic E-state index is -4.49. The summed E-state index contributed by atoms with van der Waals surface area (Å²) >= 11 is 0. The normalized spacial score (nSPS) is 12.0. The summed E-state index contributed by atoms with van der Waals surface area (Å²) in [4.78, 5) is 9.34. The third-order valence-corrected chi connectivity index (χ3v) is 5.67. The van der Waals surface area contributed by atoms with Crippen molar-refractivity contribution in [2.75, 3.05) is 0 Å². The summed E-state index contributed by atoms with van der Waals surface area (Å²) < 4.78 is 43.7. The SMILES string of the molecule is CCCc1nc2c(C)ccnc2n1Cc1ccc(-n2cc(C(F)(F)F)cc2-c2nn[nH]n2)cc1. The van der Waals surface area contributed by atoms with Crippen LogP contribution in [0.15, 0.2) is 48.8 Å². The molecule has 0 aliphatic rings. The first kappa shape index (κ1) is 21.8. The number of hydrogen-bond acceptors (Lipinski definition) is 5. The number of nitrogens with zero attached hydrogens (tertiary/aromatic N) is 7. The van der Waals surface area contributed by atoms with Gasteiger partial charge in [-0.05, 0) is 54.0 Å². The number of alkyl halides is 3. The second-order valence-corrected chi connectivity index (χ2v) is 8.05. The molecule has 8 nitrogen and oxygen atoms in total. The van der Waals surface area contributed by atoms with Gasteiger partial charge in [-0.15, -0.1) is 10.2 Å². The van der Waals surface area contributed by atoms with Gasteiger partial charge >= 0.3 is 6.18 Å². The molecule has 0 amide bonds. The quantitative estimate of drug-likeness (QED) is 0.391. The highest BCUT2D eigenvalue weighted by Crippen LogP contribution is 2.34. The second kappa shape index (κ2) is 8.40. The van der Waals surface area contributed by atoms with Gasteiger partial charge in [-0.25, -0.2) is 9.97 Å². The van der Waals surface area contributed by atoms with Crippen molar-refractivity contribution in [3.63, 3.8) is 0 Å². The molecule has 0 radical (unpaired) electrons. The van der Waals surface area contributed by atoms with Gasteiger partial charge in [0.05, 0.1) is 17.8 Å². The lowest BCUT2D eigenvalue weighted by molar-refractivity contribution is -0.137. The number of aromatic amines is 1. The number of pyridine rings is 1. The van der Waals surface area contributed by atoms with Crippen molar-refractivity contribution < 1.29 is 13.2 Å². The van der Waals surface area contributed by atoms with Crippen molar-refractivity contribution in [1.29, 1.82) is 0 Å². The van der Waals surface area contributed by atoms with Gasteiger partial charge in [0.2, 0.25) is 5.82 Å². The molecule has 5 aromatic rings. The van der Waals surface area contributed by atoms with Crippen molar-refractivity contribution in [3.05, 3.63) is 71.3 Å². The molecule has 0 aliphatic heterocycles. The molecule has 4 heterocycles. The van der Waals surface area contributed by atoms with Crippen LogP contribution in [0.4, 0.5) is 13.2 Å². The topological polar surface area (TPSA) is 90.1 Å². The molecule has 0 unspecified atom stereocenters. The zero-order valence-corrected chi connectivity index (χ0v) is 18.5. The second-order valence-electron chi connectivity index (χ2n) is 8.05. The van der Waals surface area contributed by atoms with Gasteiger partial charge in [0, 0.05) is 24.5 Å². The van der Waals surface area contributed by atoms with Crippen molar-refractivity contribution in [1.82, 2.24) is 39.7 Å². The minimum Gasteiger partial charge on any atom is -0.313 e. The first-order valence-electron chi connectivity index (χ1n) is 10.8. The number of fused-ring (bicyclic) bond motifs is 1. The smallest absolute Gasteiger partial charge is 0.313 e. The molecule has 0 bridgehead atoms. The summed E-state index contributed by atoms with van der Waals surface area (Å²) in [6.45, 7) is 4.67. The Bertz CT molecular complexity index is 1430. The van der Waals surface area contributed by atoms with Crippen LogP contribution in [0.5, 0.6) is 0 Å². The highest BCUT2D eigenvalue weighted by Gasteiger charge is 2.33. The van der Waals surface area contributed by atoms with Gasteiger partial charge < -0.3 is 9.13 Å². The van der Waals surface area contributed by atoms with Crippen LogP contribution in [0, 0.1) is 6.92 Å². The Morgan fingerprint density at radius 1 is 1.09 bits per heavy atom. The molecule has 4 aromatic heterocycles. The Balaban J connectivity index is 1.51. The maximum absolute atomic E-state index is 13.4. The van der Waals surface area contributed by atoms with Crippen LogP contribution >= 0.6 is 0 Å². The lowest BCUT2D eigenvalue weighted by atomic mass is 10.2. The number of nitrogens with one attached hydrogen (secondary N) is 1. The number of aryl methyl sites for hydroxylation is 2. The predicted octanol–water partition coefficient (Wildman–Crippen LogP) is 4.73. The summed E-state index contributed by atoms with van der Waals surface area (Å²) in [5.41, 5.74) is 3.72. The van der Waals surface area contributed by atoms with Crippen LogP contribution < -0.4 is 0 Å². The average Bonchev–Trinajstić information content (AvgIpc) is 3.54. The van der Waals surface area contributed by atoms with Gasteiger partial charge in [-0.2, -0.15) is 18.4 Å². The number of benzene rings is 1. The molecule has 0 fully saturated rings. The first-order chi connectivity index (χ1) is 16.3. The van der Waals surface area contributed by atoms with Gasteiger partial charge in [-0.1, -0.05) is 19.1 Å². The molecule has 34 heavy (non-hydrogen) atoms. The van der Waals surface area contributed by atoms with E-state index < -0.39 is 11.7 Å². The summed E-state index contributed by atoms with van der Waals surface area (Å²) in [6.07, 6.45) is 0.0996. The molecule has 1 aromatic carbocycles. The lowest BCUT2D eigenvalue weighted by Crippen LogP contribution is -2.06. The maximum Gasteiger partial charge on any atom is 0.417 e. The van der Waals surface area contributed by atoms with Crippen molar-refractivity contribution in [2.24, 2.45) is 0 Å². The van der Waals surface area contributed by atoms with Crippen molar-refractivity contribution >= 4 is 11.2 Å². The summed E-state index contributed by atoms with van der Waals surface area (Å²) in [5, 5.41) is 13.4. The average molecular weight is 466 g/mol. The highest BCUT2D eigenvalue weighted by molar-refractivity contribution is 5.75. The molecule has 0 saturated carbocycles. The van der Waals surface area contributed by atoms with Gasteiger partial charge in [0.15, 0.2) is 5.65 Å². The van der Waals surface area contributed by atoms with Crippen LogP contribution in [0.3, 0.4) is 0 Å². The largest absolute Gasteiger partial charge is 0.417 e. The van der Waals surface area contributed by atoms with Crippen molar-refractivity contribution in [3.8, 4) is 17.2 Å². The van der Waals surface area contributed by atoms with Gasteiger partial charge in [-0.3, -0.25) is 0 Å². The number of halogens is 3. The maximum atomic E-state index is 13.4. The standard InChI is InChI=1S/C23H21F3N8/c1-3-4-19-28-20-14(2)9-10-27-22(20)34(19)12-15-5-7-17(8-6-15)33-13-16(23(24,25)26)11-18(33)21-29-31-32-30-21/h5-11,13H,3-4,12H2,1-2H3,(H,29,30,31,32). The molecule has 174 valence electrons. The molecular formula is C23H21F3N8. The number of aromatic nitrogens is 8. The number of imidazole rings is 1. The third kappa shape index (κ3) is 3.93. The Hall–Kier alpha value is -4.02. The van der Waals surface area contributed by atoms with E-state index in [4.69, 9.17) is 4.98 Å². The fraction of sp³-hybridized carbons (Fsp3) is 0.261. The zero-order chi connectivity index (χ0) is 23.9. The van der Waals surface area contributed by atoms with Gasteiger partial charge in [0.25, 0.3) is 0 Å². The highest BCUT2D eigenvalue weighted by atomic mass is 19.4. The molecular weight excluding hydrogens is 445 g/mol. The number of rotatable bonds is 6. The first-order valence-corrected chi connectivity index (χ1v) is 10.8. The summed E-state index contributed by atoms with van der Waals surface area (Å²) in [6, 6.07) is 10.3. The Kier molecular flexibility index (Phi) is 5.39. The molecule has 0 aliphatic carbocycles. The van der Waals surface area contributed by atoms with Crippen LogP contribution in [-0.4, -0.2) is 39.7 Å². The van der Waals surface area contributed by atoms with Crippen LogP contribution in [0.25, 0.3) is 28.4 Å². The van der Waals surface area contributed by atoms with E-state index in [1.54, 1.807) is 18.3 Å². The summed E-state index contributed by atoms with van der Waals surface area (Å²) in [5.74, 6) is 1.04. The number of hydrogen-bond donors (Lipinski definition) is 1. The van der Waals surface area contributed by atoms with E-state index in [0.717, 1.165) is 53.2 Å². The molecule has 5 rings (SSSR count). The van der Waals surface area contributed by atoms with E-state index in [0.29, 0.717) is 12.2 Å². The molecule has 1 N–H and O–H groups in total. The van der Waals surface area contributed by atoms with E-state index in [9.17, 15) is 13.2 Å². The molecule has 0 atom stereocenters. The Morgan fingerprint density at radius 2 is 1.88 bits per heavy atom. The number of tetrazole rings is 1. The molecule has 11 heteroatoms. The monoisotopic (exact) mass is 466 g/mol. The number of H-pyrrole nitrogens is 1. The summed E-state index contributed by atoms with van der Waals surface area (Å²) in [7, 11) is 0. The third-order valence-electron chi connectivity index (χ3n) is 5.67. The lowest BCUT2D eigenvalue weighted by Gasteiger charge is -2.11. The fourth-order valence-electron chi connectivity index (χ4n) is 3.98. The van der Waals surface area contributed by atoms with Crippen LogP contribution in [-0.2, 0) is 19.1 Å². The zero-order valence-electron chi connectivity index (χ0n) is 18.5. The fourth-order valence-corrected chi connectivity index (χ4v) is 3.98. The predicted molar refractivity (Wildman–Crippen MR) is 119 cm³/mol. The van der Waals surface area contributed by atoms with E-state index in [1.165, 1.54) is 4.57 Å². The molecule has 0 spiro atoms. The molecule has 0 saturated heterocycles. The van der Waals surface area contributed by atoms with Crippen molar-refractivity contribution in [2.45, 2.75) is 39.4 Å². The van der Waals surface area contributed by atoms with Crippen LogP contribution in [0.2, 0.25) is 0 Å². The van der Waals surface area contributed by atoms with E-state index in [1.807, 2.05) is 25.1 Å². The Morgan fingerprint density at radius 3 is 2.56 bits per heavy atom. The minimum absolute atomic E-state index is 0.0788. The van der Waals surface area contributed by atoms with E-state index >= 15 is 0 Å². The van der Waals surface area contributed by atoms with Gasteiger partial charge in [0.1, 0.15) is 11.3 Å².